The average Bonchev–Trinajstić information content (AvgIpc) is 2.92. The van der Waals surface area contributed by atoms with Crippen LogP contribution in [-0.2, 0) is 20.9 Å². The maximum atomic E-state index is 11.6. The van der Waals surface area contributed by atoms with Crippen LogP contribution in [0.1, 0.15) is 29.0 Å². The predicted molar refractivity (Wildman–Crippen MR) is 71.5 cm³/mol. The molecule has 2 rings (SSSR count). The maximum absolute atomic E-state index is 11.6. The Morgan fingerprint density at radius 1 is 1.32 bits per heavy atom. The highest BCUT2D eigenvalue weighted by molar-refractivity contribution is 7.11. The van der Waals surface area contributed by atoms with E-state index in [2.05, 4.69) is 5.32 Å². The Morgan fingerprint density at radius 2 is 2.00 bits per heavy atom. The summed E-state index contributed by atoms with van der Waals surface area (Å²) in [5, 5.41) is 2.79. The van der Waals surface area contributed by atoms with Crippen molar-refractivity contribution in [3.05, 3.63) is 21.9 Å². The van der Waals surface area contributed by atoms with Crippen LogP contribution in [-0.4, -0.2) is 29.2 Å². The number of nitrogens with one attached hydrogen (secondary N) is 1. The topological polar surface area (TPSA) is 66.5 Å². The molecule has 0 aliphatic carbocycles. The van der Waals surface area contributed by atoms with E-state index in [1.54, 1.807) is 11.3 Å². The molecule has 0 atom stereocenters. The summed E-state index contributed by atoms with van der Waals surface area (Å²) in [4.78, 5) is 37.8. The van der Waals surface area contributed by atoms with Gasteiger partial charge in [-0.05, 0) is 19.1 Å². The van der Waals surface area contributed by atoms with Gasteiger partial charge in [-0.25, -0.2) is 0 Å². The number of imide groups is 1. The molecule has 1 N–H and O–H groups in total. The third kappa shape index (κ3) is 3.64. The number of hydrogen-bond donors (Lipinski definition) is 1. The van der Waals surface area contributed by atoms with Crippen molar-refractivity contribution in [2.75, 3.05) is 6.54 Å². The number of carbonyl (C=O) groups excluding carboxylic acids is 3. The number of aryl methyl sites for hydroxylation is 1. The molecule has 1 aromatic rings. The van der Waals surface area contributed by atoms with E-state index in [1.807, 2.05) is 19.1 Å². The summed E-state index contributed by atoms with van der Waals surface area (Å²) in [6.45, 7) is 2.70. The summed E-state index contributed by atoms with van der Waals surface area (Å²) in [5.74, 6) is -0.489. The Labute approximate surface area is 115 Å². The molecule has 19 heavy (non-hydrogen) atoms. The fraction of sp³-hybridized carbons (Fsp3) is 0.462. The lowest BCUT2D eigenvalue weighted by Gasteiger charge is -2.13. The fourth-order valence-corrected chi connectivity index (χ4v) is 2.77. The lowest BCUT2D eigenvalue weighted by Crippen LogP contribution is -2.33. The summed E-state index contributed by atoms with van der Waals surface area (Å²) in [6.07, 6.45) is 0.714. The van der Waals surface area contributed by atoms with E-state index in [0.29, 0.717) is 6.54 Å². The second-order valence-electron chi connectivity index (χ2n) is 4.48. The van der Waals surface area contributed by atoms with Gasteiger partial charge < -0.3 is 5.32 Å². The summed E-state index contributed by atoms with van der Waals surface area (Å²) >= 11 is 1.64. The second kappa shape index (κ2) is 5.97. The molecular formula is C13H16N2O3S. The molecule has 1 saturated heterocycles. The quantitative estimate of drug-likeness (QED) is 0.824. The molecule has 0 spiro atoms. The molecular weight excluding hydrogens is 264 g/mol. The number of thiophene rings is 1. The van der Waals surface area contributed by atoms with Gasteiger partial charge in [0.2, 0.25) is 17.7 Å². The van der Waals surface area contributed by atoms with Gasteiger partial charge >= 0.3 is 0 Å². The molecule has 1 fully saturated rings. The minimum absolute atomic E-state index is 0.140. The van der Waals surface area contributed by atoms with Crippen molar-refractivity contribution in [2.45, 2.75) is 32.7 Å². The van der Waals surface area contributed by atoms with Crippen LogP contribution >= 0.6 is 11.3 Å². The molecule has 102 valence electrons. The molecule has 6 heteroatoms. The van der Waals surface area contributed by atoms with Crippen molar-refractivity contribution in [2.24, 2.45) is 0 Å². The number of rotatable bonds is 5. The van der Waals surface area contributed by atoms with Crippen molar-refractivity contribution < 1.29 is 14.4 Å². The first-order valence-electron chi connectivity index (χ1n) is 6.21. The molecule has 5 nitrogen and oxygen atoms in total. The van der Waals surface area contributed by atoms with E-state index < -0.39 is 0 Å². The van der Waals surface area contributed by atoms with E-state index in [4.69, 9.17) is 0 Å². The van der Waals surface area contributed by atoms with Crippen molar-refractivity contribution in [1.82, 2.24) is 10.2 Å². The van der Waals surface area contributed by atoms with Crippen LogP contribution in [0.3, 0.4) is 0 Å². The molecule has 1 aromatic heterocycles. The monoisotopic (exact) mass is 280 g/mol. The van der Waals surface area contributed by atoms with Crippen LogP contribution < -0.4 is 5.32 Å². The van der Waals surface area contributed by atoms with Crippen LogP contribution in [0.5, 0.6) is 0 Å². The van der Waals surface area contributed by atoms with Gasteiger partial charge in [0.1, 0.15) is 0 Å². The lowest BCUT2D eigenvalue weighted by atomic mass is 10.3. The lowest BCUT2D eigenvalue weighted by molar-refractivity contribution is -0.138. The normalized spacial score (nSPS) is 15.1. The fourth-order valence-electron chi connectivity index (χ4n) is 1.94. The first kappa shape index (κ1) is 13.7. The highest BCUT2D eigenvalue weighted by Gasteiger charge is 2.28. The average molecular weight is 280 g/mol. The Bertz CT molecular complexity index is 494. The van der Waals surface area contributed by atoms with Gasteiger partial charge in [-0.3, -0.25) is 19.3 Å². The Balaban J connectivity index is 1.73. The van der Waals surface area contributed by atoms with Gasteiger partial charge in [0, 0.05) is 35.6 Å². The van der Waals surface area contributed by atoms with Gasteiger partial charge in [0.05, 0.1) is 6.54 Å². The Kier molecular flexibility index (Phi) is 4.31. The molecule has 0 bridgehead atoms. The van der Waals surface area contributed by atoms with Crippen LogP contribution in [0, 0.1) is 6.92 Å². The number of nitrogens with zero attached hydrogens (tertiary/aromatic N) is 1. The zero-order valence-corrected chi connectivity index (χ0v) is 11.6. The zero-order chi connectivity index (χ0) is 13.8. The van der Waals surface area contributed by atoms with Gasteiger partial charge in [-0.2, -0.15) is 0 Å². The van der Waals surface area contributed by atoms with Gasteiger partial charge in [-0.1, -0.05) is 0 Å². The summed E-state index contributed by atoms with van der Waals surface area (Å²) in [7, 11) is 0. The SMILES string of the molecule is Cc1ccc(CNC(=O)CCN2C(=O)CCC2=O)s1. The van der Waals surface area contributed by atoms with Crippen LogP contribution in [0.25, 0.3) is 0 Å². The molecule has 0 radical (unpaired) electrons. The second-order valence-corrected chi connectivity index (χ2v) is 5.85. The molecule has 1 aliphatic heterocycles. The minimum Gasteiger partial charge on any atom is -0.351 e. The van der Waals surface area contributed by atoms with Crippen molar-refractivity contribution in [3.63, 3.8) is 0 Å². The van der Waals surface area contributed by atoms with E-state index >= 15 is 0 Å². The highest BCUT2D eigenvalue weighted by atomic mass is 32.1. The van der Waals surface area contributed by atoms with Crippen molar-refractivity contribution >= 4 is 29.1 Å². The summed E-state index contributed by atoms with van der Waals surface area (Å²) in [5.41, 5.74) is 0. The molecule has 0 unspecified atom stereocenters. The van der Waals surface area contributed by atoms with Crippen LogP contribution in [0.15, 0.2) is 12.1 Å². The van der Waals surface area contributed by atoms with E-state index in [9.17, 15) is 14.4 Å². The Morgan fingerprint density at radius 3 is 2.58 bits per heavy atom. The van der Waals surface area contributed by atoms with Crippen molar-refractivity contribution in [3.8, 4) is 0 Å². The summed E-state index contributed by atoms with van der Waals surface area (Å²) in [6, 6.07) is 3.99. The van der Waals surface area contributed by atoms with Gasteiger partial charge in [0.25, 0.3) is 0 Å². The number of amides is 3. The first-order chi connectivity index (χ1) is 9.06. The van der Waals surface area contributed by atoms with Crippen LogP contribution in [0.2, 0.25) is 0 Å². The molecule has 0 saturated carbocycles. The van der Waals surface area contributed by atoms with Gasteiger partial charge in [-0.15, -0.1) is 11.3 Å². The van der Waals surface area contributed by atoms with E-state index in [1.165, 1.54) is 9.78 Å². The van der Waals surface area contributed by atoms with E-state index in [-0.39, 0.29) is 43.5 Å². The third-order valence-electron chi connectivity index (χ3n) is 2.97. The standard InChI is InChI=1S/C13H16N2O3S/c1-9-2-3-10(19-9)8-14-11(16)6-7-15-12(17)4-5-13(15)18/h2-3H,4-8H2,1H3,(H,14,16). The van der Waals surface area contributed by atoms with Crippen molar-refractivity contribution in [1.29, 1.82) is 0 Å². The zero-order valence-electron chi connectivity index (χ0n) is 10.8. The molecule has 2 heterocycles. The largest absolute Gasteiger partial charge is 0.351 e. The Hall–Kier alpha value is -1.69. The third-order valence-corrected chi connectivity index (χ3v) is 3.97. The maximum Gasteiger partial charge on any atom is 0.229 e. The number of likely N-dealkylation sites (tertiary alicyclic amines) is 1. The predicted octanol–water partition coefficient (Wildman–Crippen LogP) is 1.21. The summed E-state index contributed by atoms with van der Waals surface area (Å²) < 4.78 is 0. The highest BCUT2D eigenvalue weighted by Crippen LogP contribution is 2.14. The molecule has 0 aromatic carbocycles. The van der Waals surface area contributed by atoms with E-state index in [0.717, 1.165) is 4.88 Å². The van der Waals surface area contributed by atoms with Crippen LogP contribution in [0.4, 0.5) is 0 Å². The molecule has 1 aliphatic rings. The number of carbonyl (C=O) groups is 3. The minimum atomic E-state index is -0.174. The smallest absolute Gasteiger partial charge is 0.229 e. The molecule has 3 amide bonds. The number of hydrogen-bond acceptors (Lipinski definition) is 4. The first-order valence-corrected chi connectivity index (χ1v) is 7.03. The van der Waals surface area contributed by atoms with Gasteiger partial charge in [0.15, 0.2) is 0 Å².